The van der Waals surface area contributed by atoms with Crippen molar-refractivity contribution in [3.63, 3.8) is 0 Å². The average Bonchev–Trinajstić information content (AvgIpc) is 2.89. The molecule has 0 saturated carbocycles. The lowest BCUT2D eigenvalue weighted by Gasteiger charge is -2.26. The van der Waals surface area contributed by atoms with Crippen LogP contribution in [0.4, 0.5) is 16.2 Å². The Hall–Kier alpha value is -4.53. The maximum Gasteiger partial charge on any atom is 0.407 e. The normalized spacial score (nSPS) is 14.0. The molecule has 3 N–H and O–H groups in total. The minimum Gasteiger partial charge on any atom is -0.486 e. The second-order valence-corrected chi connectivity index (χ2v) is 8.73. The number of carbonyl (C=O) groups is 3. The van der Waals surface area contributed by atoms with Crippen molar-refractivity contribution in [2.24, 2.45) is 0 Å². The Labute approximate surface area is 207 Å². The van der Waals surface area contributed by atoms with Crippen molar-refractivity contribution in [2.45, 2.75) is 19.9 Å². The Bertz CT molecular complexity index is 1370. The Morgan fingerprint density at radius 3 is 2.36 bits per heavy atom. The highest BCUT2D eigenvalue weighted by atomic mass is 16.6. The molecule has 2 heterocycles. The molecule has 0 bridgehead atoms. The molecule has 3 amide bonds. The minimum absolute atomic E-state index is 0.281. The summed E-state index contributed by atoms with van der Waals surface area (Å²) in [7, 11) is 0. The van der Waals surface area contributed by atoms with E-state index in [-0.39, 0.29) is 11.8 Å². The molecule has 3 aromatic carbocycles. The predicted octanol–water partition coefficient (Wildman–Crippen LogP) is 4.31. The molecule has 0 unspecified atom stereocenters. The molecule has 5 rings (SSSR count). The molecule has 0 aliphatic carbocycles. The molecule has 2 aliphatic heterocycles. The number of hydrogen-bond acceptors (Lipinski definition) is 5. The van der Waals surface area contributed by atoms with Gasteiger partial charge >= 0.3 is 6.09 Å². The SMILES string of the molecule is Cc1ccc(NC(=O)c2ccc3c(c2)OCCO3)cc1NC(=O)c1ccc2c(c1)CCN(C(=O)O)C2. The van der Waals surface area contributed by atoms with E-state index >= 15 is 0 Å². The average molecular weight is 488 g/mol. The van der Waals surface area contributed by atoms with Crippen LogP contribution in [-0.4, -0.2) is 47.7 Å². The minimum atomic E-state index is -0.945. The van der Waals surface area contributed by atoms with Gasteiger partial charge in [-0.3, -0.25) is 9.59 Å². The fraction of sp³-hybridized carbons (Fsp3) is 0.222. The van der Waals surface area contributed by atoms with Crippen molar-refractivity contribution < 1.29 is 29.0 Å². The van der Waals surface area contributed by atoms with E-state index in [4.69, 9.17) is 9.47 Å². The second kappa shape index (κ2) is 9.61. The molecule has 0 saturated heterocycles. The number of fused-ring (bicyclic) bond motifs is 2. The third-order valence-electron chi connectivity index (χ3n) is 6.30. The Morgan fingerprint density at radius 2 is 1.56 bits per heavy atom. The quantitative estimate of drug-likeness (QED) is 0.505. The first-order chi connectivity index (χ1) is 17.4. The molecular weight excluding hydrogens is 462 g/mol. The van der Waals surface area contributed by atoms with Gasteiger partial charge in [0.15, 0.2) is 11.5 Å². The van der Waals surface area contributed by atoms with E-state index in [0.29, 0.717) is 66.7 Å². The van der Waals surface area contributed by atoms with Crippen LogP contribution in [-0.2, 0) is 13.0 Å². The molecule has 0 atom stereocenters. The lowest BCUT2D eigenvalue weighted by molar-refractivity contribution is 0.101. The smallest absolute Gasteiger partial charge is 0.407 e. The highest BCUT2D eigenvalue weighted by Crippen LogP contribution is 2.31. The first kappa shape index (κ1) is 23.2. The van der Waals surface area contributed by atoms with E-state index in [2.05, 4.69) is 10.6 Å². The van der Waals surface area contributed by atoms with Gasteiger partial charge in [0, 0.05) is 35.6 Å². The van der Waals surface area contributed by atoms with Crippen LogP contribution in [0.5, 0.6) is 11.5 Å². The largest absolute Gasteiger partial charge is 0.486 e. The number of nitrogens with one attached hydrogen (secondary N) is 2. The number of benzene rings is 3. The molecule has 9 nitrogen and oxygen atoms in total. The van der Waals surface area contributed by atoms with Crippen LogP contribution < -0.4 is 20.1 Å². The first-order valence-electron chi connectivity index (χ1n) is 11.6. The molecule has 184 valence electrons. The van der Waals surface area contributed by atoms with Gasteiger partial charge in [0.05, 0.1) is 0 Å². The Balaban J connectivity index is 1.29. The number of rotatable bonds is 4. The highest BCUT2D eigenvalue weighted by Gasteiger charge is 2.21. The van der Waals surface area contributed by atoms with Crippen molar-refractivity contribution in [1.82, 2.24) is 4.90 Å². The molecule has 9 heteroatoms. The van der Waals surface area contributed by atoms with Gasteiger partial charge in [-0.2, -0.15) is 0 Å². The van der Waals surface area contributed by atoms with Gasteiger partial charge in [0.1, 0.15) is 13.2 Å². The summed E-state index contributed by atoms with van der Waals surface area (Å²) in [6, 6.07) is 15.6. The third-order valence-corrected chi connectivity index (χ3v) is 6.30. The number of carbonyl (C=O) groups excluding carboxylic acids is 2. The summed E-state index contributed by atoms with van der Waals surface area (Å²) < 4.78 is 11.1. The summed E-state index contributed by atoms with van der Waals surface area (Å²) in [4.78, 5) is 38.4. The maximum absolute atomic E-state index is 13.0. The van der Waals surface area contributed by atoms with E-state index in [0.717, 1.165) is 16.7 Å². The van der Waals surface area contributed by atoms with Gasteiger partial charge in [0.2, 0.25) is 0 Å². The predicted molar refractivity (Wildman–Crippen MR) is 133 cm³/mol. The van der Waals surface area contributed by atoms with Gasteiger partial charge < -0.3 is 30.1 Å². The fourth-order valence-electron chi connectivity index (χ4n) is 4.27. The number of amides is 3. The van der Waals surface area contributed by atoms with Gasteiger partial charge in [-0.1, -0.05) is 12.1 Å². The Kier molecular flexibility index (Phi) is 6.20. The summed E-state index contributed by atoms with van der Waals surface area (Å²) in [6.07, 6.45) is -0.387. The van der Waals surface area contributed by atoms with Crippen molar-refractivity contribution in [2.75, 3.05) is 30.4 Å². The standard InChI is InChI=1S/C27H25N3O6/c1-16-2-6-21(28-25(31)19-5-7-23-24(13-19)36-11-10-35-23)14-22(16)29-26(32)18-3-4-20-15-30(27(33)34)9-8-17(20)12-18/h2-7,12-14H,8-11,15H2,1H3,(H,28,31)(H,29,32)(H,33,34). The molecule has 36 heavy (non-hydrogen) atoms. The van der Waals surface area contributed by atoms with E-state index in [1.807, 2.05) is 19.1 Å². The number of carboxylic acid groups (broad SMARTS) is 1. The second-order valence-electron chi connectivity index (χ2n) is 8.73. The van der Waals surface area contributed by atoms with E-state index < -0.39 is 6.09 Å². The van der Waals surface area contributed by atoms with Crippen molar-refractivity contribution in [3.8, 4) is 11.5 Å². The van der Waals surface area contributed by atoms with E-state index in [9.17, 15) is 19.5 Å². The monoisotopic (exact) mass is 487 g/mol. The van der Waals surface area contributed by atoms with E-state index in [1.165, 1.54) is 4.90 Å². The summed E-state index contributed by atoms with van der Waals surface area (Å²) >= 11 is 0. The lowest BCUT2D eigenvalue weighted by Crippen LogP contribution is -2.34. The van der Waals surface area contributed by atoms with Crippen LogP contribution >= 0.6 is 0 Å². The van der Waals surface area contributed by atoms with Crippen LogP contribution in [0.15, 0.2) is 54.6 Å². The van der Waals surface area contributed by atoms with Gasteiger partial charge in [-0.05, 0) is 72.5 Å². The van der Waals surface area contributed by atoms with Crippen LogP contribution in [0.1, 0.15) is 37.4 Å². The highest BCUT2D eigenvalue weighted by molar-refractivity contribution is 6.07. The maximum atomic E-state index is 13.0. The van der Waals surface area contributed by atoms with Crippen molar-refractivity contribution >= 4 is 29.3 Å². The zero-order chi connectivity index (χ0) is 25.2. The molecular formula is C27H25N3O6. The summed E-state index contributed by atoms with van der Waals surface area (Å²) in [5, 5.41) is 15.0. The molecule has 0 fully saturated rings. The molecule has 0 aromatic heterocycles. The van der Waals surface area contributed by atoms with Crippen molar-refractivity contribution in [3.05, 3.63) is 82.4 Å². The summed E-state index contributed by atoms with van der Waals surface area (Å²) in [5.41, 5.74) is 4.75. The zero-order valence-corrected chi connectivity index (χ0v) is 19.7. The van der Waals surface area contributed by atoms with Gasteiger partial charge in [0.25, 0.3) is 11.8 Å². The van der Waals surface area contributed by atoms with Crippen molar-refractivity contribution in [1.29, 1.82) is 0 Å². The number of ether oxygens (including phenoxy) is 2. The molecule has 0 radical (unpaired) electrons. The number of anilines is 2. The molecule has 3 aromatic rings. The lowest BCUT2D eigenvalue weighted by atomic mass is 9.97. The number of hydrogen-bond donors (Lipinski definition) is 3. The summed E-state index contributed by atoms with van der Waals surface area (Å²) in [6.45, 7) is 3.50. The number of nitrogens with zero attached hydrogens (tertiary/aromatic N) is 1. The Morgan fingerprint density at radius 1 is 0.833 bits per heavy atom. The topological polar surface area (TPSA) is 117 Å². The summed E-state index contributed by atoms with van der Waals surface area (Å²) in [5.74, 6) is 0.557. The molecule has 0 spiro atoms. The van der Waals surface area contributed by atoms with Crippen LogP contribution in [0.25, 0.3) is 0 Å². The first-order valence-corrected chi connectivity index (χ1v) is 11.6. The van der Waals surface area contributed by atoms with Gasteiger partial charge in [-0.15, -0.1) is 0 Å². The zero-order valence-electron chi connectivity index (χ0n) is 19.7. The van der Waals surface area contributed by atoms with Crippen LogP contribution in [0.3, 0.4) is 0 Å². The van der Waals surface area contributed by atoms with E-state index in [1.54, 1.807) is 42.5 Å². The third kappa shape index (κ3) is 4.81. The van der Waals surface area contributed by atoms with Crippen LogP contribution in [0, 0.1) is 6.92 Å². The van der Waals surface area contributed by atoms with Gasteiger partial charge in [-0.25, -0.2) is 4.79 Å². The fourth-order valence-corrected chi connectivity index (χ4v) is 4.27. The van der Waals surface area contributed by atoms with Crippen LogP contribution in [0.2, 0.25) is 0 Å². The molecule has 2 aliphatic rings. The number of aryl methyl sites for hydroxylation is 1.